The molecular weight excluding hydrogens is 224 g/mol. The van der Waals surface area contributed by atoms with Crippen LogP contribution >= 0.6 is 0 Å². The minimum Gasteiger partial charge on any atom is -0.480 e. The van der Waals surface area contributed by atoms with Gasteiger partial charge in [0.1, 0.15) is 11.7 Å². The van der Waals surface area contributed by atoms with Gasteiger partial charge in [0, 0.05) is 6.20 Å². The van der Waals surface area contributed by atoms with Gasteiger partial charge in [0.25, 0.3) is 0 Å². The first kappa shape index (κ1) is 13.1. The van der Waals surface area contributed by atoms with Gasteiger partial charge in [0.2, 0.25) is 0 Å². The highest BCUT2D eigenvalue weighted by Gasteiger charge is 2.20. The maximum absolute atomic E-state index is 10.1. The molecule has 6 heteroatoms. The first-order chi connectivity index (χ1) is 8.11. The topological polar surface area (TPSA) is 99.5 Å². The molecule has 1 atom stereocenters. The van der Waals surface area contributed by atoms with Crippen LogP contribution in [0, 0.1) is 0 Å². The predicted octanol–water partition coefficient (Wildman–Crippen LogP) is 0.603. The van der Waals surface area contributed by atoms with E-state index in [1.54, 1.807) is 12.1 Å². The molecule has 2 heterocycles. The van der Waals surface area contributed by atoms with Gasteiger partial charge in [-0.15, -0.1) is 0 Å². The Bertz CT molecular complexity index is 374. The molecule has 0 aliphatic carbocycles. The summed E-state index contributed by atoms with van der Waals surface area (Å²) in [4.78, 5) is 23.9. The van der Waals surface area contributed by atoms with Gasteiger partial charge in [-0.3, -0.25) is 4.79 Å². The fourth-order valence-corrected chi connectivity index (χ4v) is 1.38. The molecule has 0 radical (unpaired) electrons. The Morgan fingerprint density at radius 1 is 1.35 bits per heavy atom. The summed E-state index contributed by atoms with van der Waals surface area (Å²) in [6.07, 6.45) is 3.23. The monoisotopic (exact) mass is 238 g/mol. The third-order valence-corrected chi connectivity index (χ3v) is 2.24. The highest BCUT2D eigenvalue weighted by Crippen LogP contribution is 2.03. The van der Waals surface area contributed by atoms with Crippen molar-refractivity contribution < 1.29 is 19.8 Å². The van der Waals surface area contributed by atoms with E-state index in [1.165, 1.54) is 12.3 Å². The van der Waals surface area contributed by atoms with Crippen LogP contribution in [0.15, 0.2) is 24.4 Å². The van der Waals surface area contributed by atoms with Crippen LogP contribution in [0.25, 0.3) is 0 Å². The number of carbonyl (C=O) groups is 2. The summed E-state index contributed by atoms with van der Waals surface area (Å²) in [7, 11) is 0. The number of aromatic nitrogens is 1. The van der Waals surface area contributed by atoms with Gasteiger partial charge in [-0.2, -0.15) is 0 Å². The fraction of sp³-hybridized carbons (Fsp3) is 0.364. The second-order valence-corrected chi connectivity index (χ2v) is 3.51. The zero-order valence-electron chi connectivity index (χ0n) is 9.17. The lowest BCUT2D eigenvalue weighted by Crippen LogP contribution is -2.29. The van der Waals surface area contributed by atoms with Gasteiger partial charge in [0.05, 0.1) is 0 Å². The molecule has 0 saturated carbocycles. The Morgan fingerprint density at radius 3 is 2.41 bits per heavy atom. The first-order valence-corrected chi connectivity index (χ1v) is 5.22. The lowest BCUT2D eigenvalue weighted by molar-refractivity contribution is -0.139. The molecule has 17 heavy (non-hydrogen) atoms. The summed E-state index contributed by atoms with van der Waals surface area (Å²) >= 11 is 0. The summed E-state index contributed by atoms with van der Waals surface area (Å²) in [5.41, 5.74) is 0.0810. The van der Waals surface area contributed by atoms with Gasteiger partial charge >= 0.3 is 11.9 Å². The zero-order valence-corrected chi connectivity index (χ0v) is 9.17. The summed E-state index contributed by atoms with van der Waals surface area (Å²) in [5, 5.41) is 19.5. The van der Waals surface area contributed by atoms with E-state index in [-0.39, 0.29) is 11.7 Å². The first-order valence-electron chi connectivity index (χ1n) is 5.22. The smallest absolute Gasteiger partial charge is 0.354 e. The SMILES string of the molecule is O=C(O)[C@@H]1CCCN1.O=C(O)c1ccccn1. The van der Waals surface area contributed by atoms with Crippen molar-refractivity contribution in [2.24, 2.45) is 0 Å². The van der Waals surface area contributed by atoms with Crippen molar-refractivity contribution >= 4 is 11.9 Å². The Morgan fingerprint density at radius 2 is 2.12 bits per heavy atom. The lowest BCUT2D eigenvalue weighted by Gasteiger charge is -1.99. The quantitative estimate of drug-likeness (QED) is 0.697. The van der Waals surface area contributed by atoms with E-state index in [1.807, 2.05) is 0 Å². The van der Waals surface area contributed by atoms with Gasteiger partial charge < -0.3 is 15.5 Å². The van der Waals surface area contributed by atoms with Gasteiger partial charge in [-0.05, 0) is 31.5 Å². The van der Waals surface area contributed by atoms with E-state index in [0.717, 1.165) is 19.4 Å². The molecular formula is C11H14N2O4. The van der Waals surface area contributed by atoms with E-state index >= 15 is 0 Å². The van der Waals surface area contributed by atoms with Crippen LogP contribution in [0.4, 0.5) is 0 Å². The minimum atomic E-state index is -0.990. The average molecular weight is 238 g/mol. The summed E-state index contributed by atoms with van der Waals surface area (Å²) in [5.74, 6) is -1.71. The number of aromatic carboxylic acids is 1. The molecule has 0 bridgehead atoms. The number of rotatable bonds is 2. The number of carboxylic acids is 2. The summed E-state index contributed by atoms with van der Waals surface area (Å²) < 4.78 is 0. The van der Waals surface area contributed by atoms with Crippen molar-refractivity contribution in [3.63, 3.8) is 0 Å². The van der Waals surface area contributed by atoms with Crippen molar-refractivity contribution in [3.05, 3.63) is 30.1 Å². The number of aliphatic carboxylic acids is 1. The van der Waals surface area contributed by atoms with Crippen LogP contribution in [0.3, 0.4) is 0 Å². The predicted molar refractivity (Wildman–Crippen MR) is 59.9 cm³/mol. The Hall–Kier alpha value is -1.95. The molecule has 6 nitrogen and oxygen atoms in total. The summed E-state index contributed by atoms with van der Waals surface area (Å²) in [6, 6.07) is 4.49. The minimum absolute atomic E-state index is 0.0810. The number of nitrogens with one attached hydrogen (secondary N) is 1. The molecule has 0 aromatic carbocycles. The molecule has 1 aliphatic rings. The van der Waals surface area contributed by atoms with Gasteiger partial charge in [-0.1, -0.05) is 6.07 Å². The van der Waals surface area contributed by atoms with Crippen LogP contribution in [0.1, 0.15) is 23.3 Å². The molecule has 0 unspecified atom stereocenters. The average Bonchev–Trinajstić information content (AvgIpc) is 2.84. The number of hydrogen-bond donors (Lipinski definition) is 3. The number of nitrogens with zero attached hydrogens (tertiary/aromatic N) is 1. The van der Waals surface area contributed by atoms with Crippen molar-refractivity contribution in [3.8, 4) is 0 Å². The number of carboxylic acid groups (broad SMARTS) is 2. The highest BCUT2D eigenvalue weighted by atomic mass is 16.4. The molecule has 1 aromatic heterocycles. The molecule has 1 aromatic rings. The lowest BCUT2D eigenvalue weighted by atomic mass is 10.2. The second kappa shape index (κ2) is 6.59. The zero-order chi connectivity index (χ0) is 12.7. The molecule has 1 aliphatic heterocycles. The molecule has 3 N–H and O–H groups in total. The van der Waals surface area contributed by atoms with Crippen molar-refractivity contribution in [1.29, 1.82) is 0 Å². The van der Waals surface area contributed by atoms with Crippen LogP contribution < -0.4 is 5.32 Å². The third-order valence-electron chi connectivity index (χ3n) is 2.24. The summed E-state index contributed by atoms with van der Waals surface area (Å²) in [6.45, 7) is 0.858. The van der Waals surface area contributed by atoms with Crippen LogP contribution in [0.5, 0.6) is 0 Å². The molecule has 2 rings (SSSR count). The molecule has 1 fully saturated rings. The van der Waals surface area contributed by atoms with Crippen LogP contribution in [-0.4, -0.2) is 39.7 Å². The van der Waals surface area contributed by atoms with E-state index < -0.39 is 11.9 Å². The maximum Gasteiger partial charge on any atom is 0.354 e. The van der Waals surface area contributed by atoms with E-state index in [4.69, 9.17) is 10.2 Å². The molecule has 0 amide bonds. The largest absolute Gasteiger partial charge is 0.480 e. The standard InChI is InChI=1S/C6H5NO2.C5H9NO2/c8-6(9)5-3-1-2-4-7-5;7-5(8)4-2-1-3-6-4/h1-4H,(H,8,9);4,6H,1-3H2,(H,7,8)/t;4-/m.0/s1. The van der Waals surface area contributed by atoms with Crippen molar-refractivity contribution in [1.82, 2.24) is 10.3 Å². The van der Waals surface area contributed by atoms with Crippen molar-refractivity contribution in [2.45, 2.75) is 18.9 Å². The van der Waals surface area contributed by atoms with Gasteiger partial charge in [-0.25, -0.2) is 9.78 Å². The van der Waals surface area contributed by atoms with E-state index in [2.05, 4.69) is 10.3 Å². The van der Waals surface area contributed by atoms with Crippen LogP contribution in [0.2, 0.25) is 0 Å². The molecule has 0 spiro atoms. The van der Waals surface area contributed by atoms with Crippen LogP contribution in [-0.2, 0) is 4.79 Å². The molecule has 92 valence electrons. The van der Waals surface area contributed by atoms with Crippen molar-refractivity contribution in [2.75, 3.05) is 6.54 Å². The Kier molecular flexibility index (Phi) is 5.09. The van der Waals surface area contributed by atoms with Gasteiger partial charge in [0.15, 0.2) is 0 Å². The third kappa shape index (κ3) is 4.60. The second-order valence-electron chi connectivity index (χ2n) is 3.51. The number of pyridine rings is 1. The fourth-order valence-electron chi connectivity index (χ4n) is 1.38. The normalized spacial score (nSPS) is 18.0. The van der Waals surface area contributed by atoms with E-state index in [0.29, 0.717) is 0 Å². The molecule has 1 saturated heterocycles. The Balaban J connectivity index is 0.000000171. The highest BCUT2D eigenvalue weighted by molar-refractivity contribution is 5.85. The maximum atomic E-state index is 10.1. The Labute approximate surface area is 98.3 Å². The number of hydrogen-bond acceptors (Lipinski definition) is 4. The van der Waals surface area contributed by atoms with E-state index in [9.17, 15) is 9.59 Å².